The molecule has 0 amide bonds. The Hall–Kier alpha value is -7.74. The van der Waals surface area contributed by atoms with Crippen LogP contribution in [0.3, 0.4) is 0 Å². The third-order valence-corrected chi connectivity index (χ3v) is 14.4. The molecule has 0 radical (unpaired) electrons. The zero-order valence-electron chi connectivity index (χ0n) is 33.2. The van der Waals surface area contributed by atoms with E-state index in [4.69, 9.17) is 4.74 Å². The van der Waals surface area contributed by atoms with E-state index in [9.17, 15) is 0 Å². The lowest BCUT2D eigenvalue weighted by molar-refractivity contribution is 0.436. The number of para-hydroxylation sites is 1. The van der Waals surface area contributed by atoms with E-state index < -0.39 is 10.8 Å². The molecule has 0 bridgehead atoms. The predicted molar refractivity (Wildman–Crippen MR) is 248 cm³/mol. The molecular formula is C60H36O. The molecule has 10 aromatic carbocycles. The third kappa shape index (κ3) is 4.06. The van der Waals surface area contributed by atoms with Crippen LogP contribution in [0.4, 0.5) is 0 Å². The van der Waals surface area contributed by atoms with Gasteiger partial charge in [0.15, 0.2) is 0 Å². The van der Waals surface area contributed by atoms with Crippen LogP contribution >= 0.6 is 0 Å². The van der Waals surface area contributed by atoms with Crippen LogP contribution in [0.15, 0.2) is 218 Å². The average Bonchev–Trinajstić information content (AvgIpc) is 3.79. The van der Waals surface area contributed by atoms with E-state index in [-0.39, 0.29) is 0 Å². The summed E-state index contributed by atoms with van der Waals surface area (Å²) >= 11 is 0. The lowest BCUT2D eigenvalue weighted by atomic mass is 9.61. The Morgan fingerprint density at radius 3 is 1.41 bits per heavy atom. The number of fused-ring (bicyclic) bond motifs is 18. The van der Waals surface area contributed by atoms with Gasteiger partial charge in [-0.15, -0.1) is 0 Å². The largest absolute Gasteiger partial charge is 0.457 e. The van der Waals surface area contributed by atoms with Crippen molar-refractivity contribution < 1.29 is 4.74 Å². The van der Waals surface area contributed by atoms with E-state index in [2.05, 4.69) is 218 Å². The van der Waals surface area contributed by atoms with Gasteiger partial charge in [-0.2, -0.15) is 0 Å². The lowest BCUT2D eigenvalue weighted by Gasteiger charge is -2.40. The number of benzene rings is 10. The Morgan fingerprint density at radius 2 is 0.705 bits per heavy atom. The second kappa shape index (κ2) is 11.9. The van der Waals surface area contributed by atoms with E-state index >= 15 is 0 Å². The van der Waals surface area contributed by atoms with Crippen LogP contribution in [0.25, 0.3) is 66.4 Å². The van der Waals surface area contributed by atoms with Gasteiger partial charge >= 0.3 is 0 Å². The van der Waals surface area contributed by atoms with Gasteiger partial charge in [0.05, 0.1) is 10.8 Å². The summed E-state index contributed by atoms with van der Waals surface area (Å²) in [6.45, 7) is 0. The monoisotopic (exact) mass is 772 g/mol. The Balaban J connectivity index is 0.944. The Bertz CT molecular complexity index is 3470. The molecule has 2 spiro atoms. The van der Waals surface area contributed by atoms with Gasteiger partial charge in [0.25, 0.3) is 0 Å². The summed E-state index contributed by atoms with van der Waals surface area (Å²) < 4.78 is 6.74. The molecule has 14 rings (SSSR count). The molecule has 4 aliphatic rings. The van der Waals surface area contributed by atoms with E-state index in [0.717, 1.165) is 11.5 Å². The maximum Gasteiger partial charge on any atom is 0.132 e. The van der Waals surface area contributed by atoms with Crippen molar-refractivity contribution in [3.05, 3.63) is 263 Å². The van der Waals surface area contributed by atoms with E-state index in [1.54, 1.807) is 0 Å². The van der Waals surface area contributed by atoms with Crippen molar-refractivity contribution in [2.24, 2.45) is 0 Å². The second-order valence-electron chi connectivity index (χ2n) is 17.0. The number of hydrogen-bond acceptors (Lipinski definition) is 1. The lowest BCUT2D eigenvalue weighted by Crippen LogP contribution is -2.32. The van der Waals surface area contributed by atoms with Gasteiger partial charge in [-0.3, -0.25) is 0 Å². The SMILES string of the molecule is c1ccc2c(c1)Oc1ccc(-c3ccc(-c4cccc5c4-c4ccccc4C54c5ccccc5-c5cccc6cccc4c56)cc3)cc1C21c2ccccc2-c2ccccc21. The third-order valence-electron chi connectivity index (χ3n) is 14.4. The topological polar surface area (TPSA) is 9.23 Å². The Labute approximate surface area is 354 Å². The molecule has 1 atom stereocenters. The van der Waals surface area contributed by atoms with E-state index in [0.29, 0.717) is 0 Å². The van der Waals surface area contributed by atoms with Crippen molar-refractivity contribution in [1.82, 2.24) is 0 Å². The van der Waals surface area contributed by atoms with E-state index in [1.807, 2.05) is 0 Å². The zero-order chi connectivity index (χ0) is 39.9. The molecule has 1 heteroatoms. The Kier molecular flexibility index (Phi) is 6.48. The molecule has 0 saturated carbocycles. The summed E-state index contributed by atoms with van der Waals surface area (Å²) in [4.78, 5) is 0. The predicted octanol–water partition coefficient (Wildman–Crippen LogP) is 15.0. The minimum Gasteiger partial charge on any atom is -0.457 e. The highest BCUT2D eigenvalue weighted by Crippen LogP contribution is 2.64. The molecule has 1 unspecified atom stereocenters. The molecule has 0 N–H and O–H groups in total. The first-order valence-electron chi connectivity index (χ1n) is 21.3. The number of rotatable bonds is 2. The molecule has 1 nitrogen and oxygen atoms in total. The summed E-state index contributed by atoms with van der Waals surface area (Å²) in [5, 5.41) is 2.64. The summed E-state index contributed by atoms with van der Waals surface area (Å²) in [5.41, 5.74) is 22.1. The van der Waals surface area contributed by atoms with Crippen LogP contribution < -0.4 is 4.74 Å². The van der Waals surface area contributed by atoms with Crippen molar-refractivity contribution in [3.63, 3.8) is 0 Å². The summed E-state index contributed by atoms with van der Waals surface area (Å²) in [6.07, 6.45) is 0. The van der Waals surface area contributed by atoms with Crippen LogP contribution in [-0.4, -0.2) is 0 Å². The van der Waals surface area contributed by atoms with Gasteiger partial charge in [-0.05, 0) is 118 Å². The molecule has 0 aromatic heterocycles. The fourth-order valence-corrected chi connectivity index (χ4v) is 12.1. The van der Waals surface area contributed by atoms with E-state index in [1.165, 1.54) is 111 Å². The maximum atomic E-state index is 6.74. The second-order valence-corrected chi connectivity index (χ2v) is 17.0. The smallest absolute Gasteiger partial charge is 0.132 e. The average molecular weight is 773 g/mol. The van der Waals surface area contributed by atoms with Crippen molar-refractivity contribution in [2.45, 2.75) is 10.8 Å². The highest BCUT2D eigenvalue weighted by molar-refractivity contribution is 6.08. The van der Waals surface area contributed by atoms with Gasteiger partial charge in [0.2, 0.25) is 0 Å². The van der Waals surface area contributed by atoms with Crippen molar-refractivity contribution in [2.75, 3.05) is 0 Å². The molecule has 3 aliphatic carbocycles. The first-order chi connectivity index (χ1) is 30.3. The quantitative estimate of drug-likeness (QED) is 0.170. The first-order valence-corrected chi connectivity index (χ1v) is 21.3. The van der Waals surface area contributed by atoms with Gasteiger partial charge in [-0.25, -0.2) is 0 Å². The molecule has 10 aromatic rings. The summed E-state index contributed by atoms with van der Waals surface area (Å²) in [5.74, 6) is 1.82. The zero-order valence-corrected chi connectivity index (χ0v) is 33.2. The van der Waals surface area contributed by atoms with Gasteiger partial charge < -0.3 is 4.74 Å². The minimum absolute atomic E-state index is 0.441. The summed E-state index contributed by atoms with van der Waals surface area (Å²) in [6, 6.07) is 81.4. The molecular weight excluding hydrogens is 737 g/mol. The van der Waals surface area contributed by atoms with Crippen LogP contribution in [0.1, 0.15) is 44.5 Å². The normalized spacial score (nSPS) is 16.2. The fraction of sp³-hybridized carbons (Fsp3) is 0.0333. The van der Waals surface area contributed by atoms with Crippen LogP contribution in [-0.2, 0) is 10.8 Å². The van der Waals surface area contributed by atoms with Crippen LogP contribution in [0.2, 0.25) is 0 Å². The fourth-order valence-electron chi connectivity index (χ4n) is 12.1. The molecule has 1 heterocycles. The molecule has 61 heavy (non-hydrogen) atoms. The van der Waals surface area contributed by atoms with Crippen molar-refractivity contribution in [1.29, 1.82) is 0 Å². The molecule has 0 saturated heterocycles. The molecule has 0 fully saturated rings. The molecule has 1 aliphatic heterocycles. The van der Waals surface area contributed by atoms with Gasteiger partial charge in [-0.1, -0.05) is 200 Å². The summed E-state index contributed by atoms with van der Waals surface area (Å²) in [7, 11) is 0. The highest BCUT2D eigenvalue weighted by atomic mass is 16.5. The number of ether oxygens (including phenoxy) is 1. The van der Waals surface area contributed by atoms with Gasteiger partial charge in [0.1, 0.15) is 11.5 Å². The van der Waals surface area contributed by atoms with Crippen LogP contribution in [0.5, 0.6) is 11.5 Å². The van der Waals surface area contributed by atoms with Crippen molar-refractivity contribution in [3.8, 4) is 67.1 Å². The Morgan fingerprint density at radius 1 is 0.262 bits per heavy atom. The minimum atomic E-state index is -0.496. The first kappa shape index (κ1) is 33.1. The molecule has 282 valence electrons. The van der Waals surface area contributed by atoms with Gasteiger partial charge in [0, 0.05) is 11.1 Å². The maximum absolute atomic E-state index is 6.74. The number of hydrogen-bond donors (Lipinski definition) is 0. The van der Waals surface area contributed by atoms with Crippen molar-refractivity contribution >= 4 is 10.8 Å². The highest BCUT2D eigenvalue weighted by Gasteiger charge is 2.52. The standard InChI is InChI=1S/C60H36O/c1-5-22-47-42(16-1)43-17-2-6-23-48(43)59(47)51-26-9-10-29-55(51)61-56-35-34-40(36-54(56)59)37-30-32-38(33-31-37)41-20-13-28-53-58(41)46-19-4-8-25-50(46)60(53)49-24-7-3-18-44(49)45-21-11-14-39-15-12-27-52(60)57(39)45/h1-36H. The van der Waals surface area contributed by atoms with Crippen LogP contribution in [0, 0.1) is 0 Å².